The molecule has 0 aromatic heterocycles. The second-order valence-electron chi connectivity index (χ2n) is 3.76. The fourth-order valence-electron chi connectivity index (χ4n) is 1.87. The topological polar surface area (TPSA) is 3.24 Å². The van der Waals surface area contributed by atoms with Crippen molar-refractivity contribution in [1.29, 1.82) is 0 Å². The molecular weight excluding hydrogens is 265 g/mol. The normalized spacial score (nSPS) is 22.9. The van der Waals surface area contributed by atoms with Crippen molar-refractivity contribution in [2.75, 3.05) is 7.05 Å². The lowest BCUT2D eigenvalue weighted by Gasteiger charge is -2.19. The highest BCUT2D eigenvalue weighted by molar-refractivity contribution is 14.1. The van der Waals surface area contributed by atoms with Crippen molar-refractivity contribution in [2.45, 2.75) is 38.3 Å². The molecule has 11 heavy (non-hydrogen) atoms. The fourth-order valence-corrected chi connectivity index (χ4v) is 4.28. The van der Waals surface area contributed by atoms with Crippen LogP contribution in [0.1, 0.15) is 25.7 Å². The van der Waals surface area contributed by atoms with Crippen molar-refractivity contribution in [3.63, 3.8) is 0 Å². The molecule has 1 fully saturated rings. The number of hydrogen-bond donors (Lipinski definition) is 0. The molecule has 0 aliphatic heterocycles. The van der Waals surface area contributed by atoms with Gasteiger partial charge >= 0.3 is 0 Å². The van der Waals surface area contributed by atoms with Gasteiger partial charge in [-0.15, -0.1) is 0 Å². The molecule has 1 nitrogen and oxygen atoms in total. The first-order valence-corrected chi connectivity index (χ1v) is 8.04. The maximum Gasteiger partial charge on any atom is 0.120 e. The Hall–Kier alpha value is 0.907. The highest BCUT2D eigenvalue weighted by Crippen LogP contribution is 2.29. The summed E-state index contributed by atoms with van der Waals surface area (Å²) in [4.78, 5) is 0. The quantitative estimate of drug-likeness (QED) is 0.437. The van der Waals surface area contributed by atoms with Crippen LogP contribution in [0.5, 0.6) is 0 Å². The van der Waals surface area contributed by atoms with Crippen LogP contribution in [0.2, 0.25) is 12.6 Å². The minimum atomic E-state index is -0.509. The molecule has 66 valence electrons. The largest absolute Gasteiger partial charge is 0.274 e. The summed E-state index contributed by atoms with van der Waals surface area (Å²) in [6.07, 6.45) is 6.02. The highest BCUT2D eigenvalue weighted by atomic mass is 127. The van der Waals surface area contributed by atoms with Crippen LogP contribution in [-0.4, -0.2) is 18.8 Å². The van der Waals surface area contributed by atoms with E-state index in [1.54, 1.807) is 6.04 Å². The zero-order valence-corrected chi connectivity index (χ0v) is 10.8. The molecule has 1 rings (SSSR count). The van der Waals surface area contributed by atoms with E-state index in [9.17, 15) is 0 Å². The van der Waals surface area contributed by atoms with Gasteiger partial charge in [-0.1, -0.05) is 32.2 Å². The van der Waals surface area contributed by atoms with Gasteiger partial charge in [0.15, 0.2) is 0 Å². The maximum atomic E-state index is 2.46. The number of hydrogen-bond acceptors (Lipinski definition) is 1. The van der Waals surface area contributed by atoms with Crippen LogP contribution < -0.4 is 0 Å². The molecule has 1 saturated carbocycles. The third kappa shape index (κ3) is 3.42. The van der Waals surface area contributed by atoms with Crippen LogP contribution in [0.25, 0.3) is 0 Å². The zero-order chi connectivity index (χ0) is 8.27. The molecule has 1 aliphatic carbocycles. The van der Waals surface area contributed by atoms with Crippen LogP contribution in [0.3, 0.4) is 0 Å². The average molecular weight is 283 g/mol. The van der Waals surface area contributed by atoms with Crippen molar-refractivity contribution >= 4 is 31.8 Å². The summed E-state index contributed by atoms with van der Waals surface area (Å²) in [6.45, 7) is 2.46. The third-order valence-electron chi connectivity index (χ3n) is 2.76. The summed E-state index contributed by atoms with van der Waals surface area (Å²) in [5.74, 6) is 1.09. The summed E-state index contributed by atoms with van der Waals surface area (Å²) in [7, 11) is 1.72. The van der Waals surface area contributed by atoms with Crippen LogP contribution in [0.15, 0.2) is 0 Å². The van der Waals surface area contributed by atoms with E-state index in [-0.39, 0.29) is 0 Å². The third-order valence-corrected chi connectivity index (χ3v) is 8.17. The van der Waals surface area contributed by atoms with E-state index in [2.05, 4.69) is 39.2 Å². The molecule has 1 atom stereocenters. The Labute approximate surface area is 85.7 Å². The second-order valence-corrected chi connectivity index (χ2v) is 9.28. The Bertz CT molecular complexity index is 113. The molecule has 3 heteroatoms. The average Bonchev–Trinajstić information content (AvgIpc) is 2.39. The number of rotatable bonds is 3. The van der Waals surface area contributed by atoms with Crippen molar-refractivity contribution < 1.29 is 0 Å². The van der Waals surface area contributed by atoms with E-state index >= 15 is 0 Å². The summed E-state index contributed by atoms with van der Waals surface area (Å²) in [6, 6.07) is 1.54. The molecule has 1 unspecified atom stereocenters. The molecular formula is C8H18INSi. The molecule has 0 heterocycles. The SMILES string of the molecule is CN(I)[SiH](C)CC1CCCC1. The van der Waals surface area contributed by atoms with E-state index in [1.165, 1.54) is 25.7 Å². The standard InChI is InChI=1S/C8H18INSi/c1-10(9)11(2)7-8-5-3-4-6-8/h8,11H,3-7H2,1-2H3. The fraction of sp³-hybridized carbons (Fsp3) is 1.00. The zero-order valence-electron chi connectivity index (χ0n) is 7.52. The summed E-state index contributed by atoms with van der Waals surface area (Å²) in [5, 5.41) is 0. The monoisotopic (exact) mass is 283 g/mol. The van der Waals surface area contributed by atoms with Crippen molar-refractivity contribution in [1.82, 2.24) is 2.78 Å². The summed E-state index contributed by atoms with van der Waals surface area (Å²) < 4.78 is 2.44. The molecule has 0 aromatic carbocycles. The van der Waals surface area contributed by atoms with Gasteiger partial charge in [-0.3, -0.25) is 2.78 Å². The van der Waals surface area contributed by atoms with Crippen LogP contribution >= 0.6 is 22.9 Å². The number of nitrogens with zero attached hydrogens (tertiary/aromatic N) is 1. The van der Waals surface area contributed by atoms with E-state index in [0.717, 1.165) is 5.92 Å². The summed E-state index contributed by atoms with van der Waals surface area (Å²) >= 11 is 2.45. The Balaban J connectivity index is 2.18. The van der Waals surface area contributed by atoms with Gasteiger partial charge in [-0.25, -0.2) is 0 Å². The molecule has 0 radical (unpaired) electrons. The Morgan fingerprint density at radius 3 is 2.45 bits per heavy atom. The summed E-state index contributed by atoms with van der Waals surface area (Å²) in [5.41, 5.74) is 0. The lowest BCUT2D eigenvalue weighted by Crippen LogP contribution is -2.25. The van der Waals surface area contributed by atoms with Gasteiger partial charge in [-0.2, -0.15) is 0 Å². The predicted octanol–water partition coefficient (Wildman–Crippen LogP) is 2.81. The van der Waals surface area contributed by atoms with Gasteiger partial charge in [0.2, 0.25) is 0 Å². The molecule has 0 amide bonds. The van der Waals surface area contributed by atoms with E-state index < -0.39 is 8.96 Å². The first-order chi connectivity index (χ1) is 5.20. The van der Waals surface area contributed by atoms with Crippen LogP contribution in [0.4, 0.5) is 0 Å². The molecule has 0 aromatic rings. The lowest BCUT2D eigenvalue weighted by atomic mass is 10.1. The maximum absolute atomic E-state index is 2.46. The highest BCUT2D eigenvalue weighted by Gasteiger charge is 2.19. The van der Waals surface area contributed by atoms with Crippen molar-refractivity contribution in [2.24, 2.45) is 5.92 Å². The van der Waals surface area contributed by atoms with Crippen molar-refractivity contribution in [3.8, 4) is 0 Å². The number of halogens is 1. The smallest absolute Gasteiger partial charge is 0.120 e. The van der Waals surface area contributed by atoms with Gasteiger partial charge < -0.3 is 0 Å². The van der Waals surface area contributed by atoms with Crippen LogP contribution in [-0.2, 0) is 0 Å². The van der Waals surface area contributed by atoms with Gasteiger partial charge in [0.1, 0.15) is 8.96 Å². The minimum absolute atomic E-state index is 0.509. The molecule has 1 aliphatic rings. The van der Waals surface area contributed by atoms with E-state index in [4.69, 9.17) is 0 Å². The molecule has 0 spiro atoms. The predicted molar refractivity (Wildman–Crippen MR) is 61.6 cm³/mol. The first-order valence-electron chi connectivity index (χ1n) is 4.58. The van der Waals surface area contributed by atoms with Gasteiger partial charge in [0, 0.05) is 22.9 Å². The van der Waals surface area contributed by atoms with E-state index in [0.29, 0.717) is 0 Å². The van der Waals surface area contributed by atoms with Gasteiger partial charge in [0.05, 0.1) is 0 Å². The molecule has 0 saturated heterocycles. The minimum Gasteiger partial charge on any atom is -0.274 e. The van der Waals surface area contributed by atoms with Crippen LogP contribution in [0, 0.1) is 5.92 Å². The Kier molecular flexibility index (Phi) is 4.38. The van der Waals surface area contributed by atoms with Gasteiger partial charge in [-0.05, 0) is 19.0 Å². The van der Waals surface area contributed by atoms with E-state index in [1.807, 2.05) is 0 Å². The Morgan fingerprint density at radius 1 is 1.45 bits per heavy atom. The molecule has 0 N–H and O–H groups in total. The van der Waals surface area contributed by atoms with Crippen molar-refractivity contribution in [3.05, 3.63) is 0 Å². The van der Waals surface area contributed by atoms with Gasteiger partial charge in [0.25, 0.3) is 0 Å². The second kappa shape index (κ2) is 4.82. The lowest BCUT2D eigenvalue weighted by molar-refractivity contribution is 0.597. The molecule has 0 bridgehead atoms. The first kappa shape index (κ1) is 9.99. The Morgan fingerprint density at radius 2 is 2.00 bits per heavy atom.